The third-order valence-electron chi connectivity index (χ3n) is 3.69. The lowest BCUT2D eigenvalue weighted by molar-refractivity contribution is -0.384. The molecule has 0 aliphatic heterocycles. The molecule has 3 aromatic carbocycles. The summed E-state index contributed by atoms with van der Waals surface area (Å²) in [6.45, 7) is 0. The minimum Gasteiger partial charge on any atom is -0.379 e. The highest BCUT2D eigenvalue weighted by Gasteiger charge is 2.22. The molecule has 0 aliphatic carbocycles. The largest absolute Gasteiger partial charge is 0.379 e. The first-order valence-electron chi connectivity index (χ1n) is 8.01. The SMILES string of the molecule is O=C(Nc1ccccc1S(=O)(=O)Oc1ccc([N+](=O)[O-])cc1)c1ccccc1. The molecule has 0 spiro atoms. The van der Waals surface area contributed by atoms with E-state index in [1.54, 1.807) is 36.4 Å². The average Bonchev–Trinajstić information content (AvgIpc) is 2.69. The van der Waals surface area contributed by atoms with Crippen LogP contribution in [0.15, 0.2) is 83.8 Å². The summed E-state index contributed by atoms with van der Waals surface area (Å²) in [5, 5.41) is 13.2. The van der Waals surface area contributed by atoms with Gasteiger partial charge in [-0.05, 0) is 36.4 Å². The highest BCUT2D eigenvalue weighted by molar-refractivity contribution is 7.87. The van der Waals surface area contributed by atoms with Gasteiger partial charge < -0.3 is 9.50 Å². The van der Waals surface area contributed by atoms with Crippen LogP contribution in [-0.4, -0.2) is 19.2 Å². The van der Waals surface area contributed by atoms with Gasteiger partial charge in [-0.25, -0.2) is 0 Å². The van der Waals surface area contributed by atoms with E-state index in [0.717, 1.165) is 12.1 Å². The van der Waals surface area contributed by atoms with Crippen molar-refractivity contribution in [2.75, 3.05) is 5.32 Å². The number of nitrogens with zero attached hydrogens (tertiary/aromatic N) is 1. The van der Waals surface area contributed by atoms with Crippen LogP contribution in [0.1, 0.15) is 10.4 Å². The van der Waals surface area contributed by atoms with Crippen LogP contribution in [0.3, 0.4) is 0 Å². The molecule has 3 aromatic rings. The van der Waals surface area contributed by atoms with Gasteiger partial charge in [-0.15, -0.1) is 0 Å². The lowest BCUT2D eigenvalue weighted by atomic mass is 10.2. The number of para-hydroxylation sites is 1. The van der Waals surface area contributed by atoms with Gasteiger partial charge in [-0.2, -0.15) is 8.42 Å². The molecule has 0 fully saturated rings. The van der Waals surface area contributed by atoms with Crippen molar-refractivity contribution < 1.29 is 22.3 Å². The van der Waals surface area contributed by atoms with E-state index in [0.29, 0.717) is 5.56 Å². The minimum absolute atomic E-state index is 0.0539. The van der Waals surface area contributed by atoms with Gasteiger partial charge in [0, 0.05) is 17.7 Å². The Kier molecular flexibility index (Phi) is 5.37. The van der Waals surface area contributed by atoms with Gasteiger partial charge in [0.25, 0.3) is 11.6 Å². The number of nitrogens with one attached hydrogen (secondary N) is 1. The van der Waals surface area contributed by atoms with Crippen molar-refractivity contribution in [1.29, 1.82) is 0 Å². The first-order chi connectivity index (χ1) is 13.4. The number of benzene rings is 3. The number of amides is 1. The van der Waals surface area contributed by atoms with Crippen molar-refractivity contribution in [3.8, 4) is 5.75 Å². The van der Waals surface area contributed by atoms with Crippen LogP contribution in [0, 0.1) is 10.1 Å². The number of hydrogen-bond donors (Lipinski definition) is 1. The Balaban J connectivity index is 1.86. The predicted molar refractivity (Wildman–Crippen MR) is 102 cm³/mol. The molecule has 0 aromatic heterocycles. The van der Waals surface area contributed by atoms with E-state index in [4.69, 9.17) is 4.18 Å². The van der Waals surface area contributed by atoms with Crippen molar-refractivity contribution in [3.05, 3.63) is 94.5 Å². The van der Waals surface area contributed by atoms with Crippen LogP contribution in [0.2, 0.25) is 0 Å². The van der Waals surface area contributed by atoms with E-state index in [9.17, 15) is 23.3 Å². The van der Waals surface area contributed by atoms with E-state index < -0.39 is 20.9 Å². The number of hydrogen-bond acceptors (Lipinski definition) is 6. The molecule has 0 unspecified atom stereocenters. The molecule has 0 saturated heterocycles. The van der Waals surface area contributed by atoms with Crippen LogP contribution in [0.25, 0.3) is 0 Å². The lowest BCUT2D eigenvalue weighted by Crippen LogP contribution is -2.17. The maximum Gasteiger partial charge on any atom is 0.341 e. The van der Waals surface area contributed by atoms with E-state index >= 15 is 0 Å². The summed E-state index contributed by atoms with van der Waals surface area (Å²) in [4.78, 5) is 22.2. The molecular weight excluding hydrogens is 384 g/mol. The lowest BCUT2D eigenvalue weighted by Gasteiger charge is -2.12. The minimum atomic E-state index is -4.29. The zero-order valence-corrected chi connectivity index (χ0v) is 15.1. The van der Waals surface area contributed by atoms with Gasteiger partial charge in [0.1, 0.15) is 10.6 Å². The smallest absolute Gasteiger partial charge is 0.341 e. The number of nitro groups is 1. The average molecular weight is 398 g/mol. The van der Waals surface area contributed by atoms with Gasteiger partial charge in [0.05, 0.1) is 10.6 Å². The molecule has 0 aliphatic rings. The fourth-order valence-electron chi connectivity index (χ4n) is 2.37. The normalized spacial score (nSPS) is 10.9. The topological polar surface area (TPSA) is 116 Å². The summed E-state index contributed by atoms with van der Waals surface area (Å²) in [6, 6.07) is 18.8. The summed E-state index contributed by atoms with van der Waals surface area (Å²) < 4.78 is 30.4. The first kappa shape index (κ1) is 19.1. The molecule has 28 heavy (non-hydrogen) atoms. The standard InChI is InChI=1S/C19H14N2O6S/c22-19(14-6-2-1-3-7-14)20-17-8-4-5-9-18(17)28(25,26)27-16-12-10-15(11-13-16)21(23)24/h1-13H,(H,20,22). The van der Waals surface area contributed by atoms with Gasteiger partial charge in [-0.3, -0.25) is 14.9 Å². The van der Waals surface area contributed by atoms with Gasteiger partial charge in [-0.1, -0.05) is 30.3 Å². The third kappa shape index (κ3) is 4.33. The number of carbonyl (C=O) groups excluding carboxylic acids is 1. The molecule has 1 amide bonds. The Morgan fingerprint density at radius 3 is 2.14 bits per heavy atom. The molecular formula is C19H14N2O6S. The fourth-order valence-corrected chi connectivity index (χ4v) is 3.45. The molecule has 8 nitrogen and oxygen atoms in total. The second-order valence-corrected chi connectivity index (χ2v) is 7.12. The maximum atomic E-state index is 12.7. The highest BCUT2D eigenvalue weighted by atomic mass is 32.2. The van der Waals surface area contributed by atoms with E-state index in [-0.39, 0.29) is 22.0 Å². The first-order valence-corrected chi connectivity index (χ1v) is 9.42. The number of anilines is 1. The van der Waals surface area contributed by atoms with E-state index in [2.05, 4.69) is 5.32 Å². The Morgan fingerprint density at radius 1 is 0.893 bits per heavy atom. The van der Waals surface area contributed by atoms with E-state index in [1.807, 2.05) is 0 Å². The number of non-ortho nitro benzene ring substituents is 1. The van der Waals surface area contributed by atoms with Crippen LogP contribution < -0.4 is 9.50 Å². The van der Waals surface area contributed by atoms with Crippen molar-refractivity contribution in [3.63, 3.8) is 0 Å². The second kappa shape index (κ2) is 7.89. The monoisotopic (exact) mass is 398 g/mol. The highest BCUT2D eigenvalue weighted by Crippen LogP contribution is 2.26. The summed E-state index contributed by atoms with van der Waals surface area (Å²) >= 11 is 0. The molecule has 0 saturated carbocycles. The molecule has 1 N–H and O–H groups in total. The number of carbonyl (C=O) groups is 1. The van der Waals surface area contributed by atoms with Crippen molar-refractivity contribution in [2.24, 2.45) is 0 Å². The molecule has 142 valence electrons. The Labute approximate surface area is 160 Å². The summed E-state index contributed by atoms with van der Waals surface area (Å²) in [5.41, 5.74) is 0.226. The Bertz CT molecular complexity index is 1110. The van der Waals surface area contributed by atoms with Crippen LogP contribution in [-0.2, 0) is 10.1 Å². The van der Waals surface area contributed by atoms with Gasteiger partial charge in [0.15, 0.2) is 0 Å². The Hall–Kier alpha value is -3.72. The van der Waals surface area contributed by atoms with E-state index in [1.165, 1.54) is 30.3 Å². The molecule has 0 atom stereocenters. The second-order valence-electron chi connectivity index (χ2n) is 5.60. The van der Waals surface area contributed by atoms with Crippen molar-refractivity contribution >= 4 is 27.4 Å². The molecule has 9 heteroatoms. The van der Waals surface area contributed by atoms with Crippen LogP contribution in [0.4, 0.5) is 11.4 Å². The van der Waals surface area contributed by atoms with Crippen LogP contribution >= 0.6 is 0 Å². The Morgan fingerprint density at radius 2 is 1.50 bits per heavy atom. The van der Waals surface area contributed by atoms with Crippen LogP contribution in [0.5, 0.6) is 5.75 Å². The molecule has 0 bridgehead atoms. The number of rotatable bonds is 6. The van der Waals surface area contributed by atoms with Gasteiger partial charge >= 0.3 is 10.1 Å². The van der Waals surface area contributed by atoms with Crippen molar-refractivity contribution in [1.82, 2.24) is 0 Å². The summed E-state index contributed by atoms with van der Waals surface area (Å²) in [6.07, 6.45) is 0. The van der Waals surface area contributed by atoms with Gasteiger partial charge in [0.2, 0.25) is 0 Å². The molecule has 0 radical (unpaired) electrons. The molecule has 0 heterocycles. The summed E-state index contributed by atoms with van der Waals surface area (Å²) in [7, 11) is -4.29. The predicted octanol–water partition coefficient (Wildman–Crippen LogP) is 3.61. The maximum absolute atomic E-state index is 12.7. The number of nitro benzene ring substituents is 1. The third-order valence-corrected chi connectivity index (χ3v) is 5.00. The molecule has 3 rings (SSSR count). The fraction of sp³-hybridized carbons (Fsp3) is 0. The van der Waals surface area contributed by atoms with Crippen molar-refractivity contribution in [2.45, 2.75) is 4.90 Å². The zero-order chi connectivity index (χ0) is 20.1. The zero-order valence-electron chi connectivity index (χ0n) is 14.3. The quantitative estimate of drug-likeness (QED) is 0.385. The summed E-state index contributed by atoms with van der Waals surface area (Å²) in [5.74, 6) is -0.562.